The third kappa shape index (κ3) is 2.39. The first kappa shape index (κ1) is 11.1. The van der Waals surface area contributed by atoms with Crippen molar-refractivity contribution >= 4 is 5.91 Å². The molecule has 0 bridgehead atoms. The Morgan fingerprint density at radius 1 is 1.38 bits per heavy atom. The topological polar surface area (TPSA) is 46.3 Å². The highest BCUT2D eigenvalue weighted by atomic mass is 19.1. The molecule has 0 saturated carbocycles. The fraction of sp³-hybridized carbons (Fsp3) is 0.417. The number of rotatable bonds is 3. The van der Waals surface area contributed by atoms with Crippen molar-refractivity contribution in [3.05, 3.63) is 35.6 Å². The van der Waals surface area contributed by atoms with Crippen molar-refractivity contribution in [3.63, 3.8) is 0 Å². The van der Waals surface area contributed by atoms with Gasteiger partial charge in [0.1, 0.15) is 5.82 Å². The summed E-state index contributed by atoms with van der Waals surface area (Å²) in [6.07, 6.45) is 1.53. The molecule has 1 atom stereocenters. The van der Waals surface area contributed by atoms with Crippen LogP contribution < -0.4 is 5.73 Å². The summed E-state index contributed by atoms with van der Waals surface area (Å²) in [6.45, 7) is 1.30. The summed E-state index contributed by atoms with van der Waals surface area (Å²) in [6, 6.07) is 5.88. The first-order valence-corrected chi connectivity index (χ1v) is 5.45. The van der Waals surface area contributed by atoms with E-state index in [-0.39, 0.29) is 17.8 Å². The van der Waals surface area contributed by atoms with Gasteiger partial charge in [0.2, 0.25) is 5.91 Å². The van der Waals surface area contributed by atoms with Crippen LogP contribution >= 0.6 is 0 Å². The second-order valence-corrected chi connectivity index (χ2v) is 4.10. The molecule has 1 aromatic rings. The van der Waals surface area contributed by atoms with Gasteiger partial charge in [0, 0.05) is 25.6 Å². The van der Waals surface area contributed by atoms with Crippen molar-refractivity contribution in [2.75, 3.05) is 13.1 Å². The van der Waals surface area contributed by atoms with Gasteiger partial charge in [0.05, 0.1) is 0 Å². The molecule has 0 radical (unpaired) electrons. The van der Waals surface area contributed by atoms with Crippen LogP contribution in [-0.4, -0.2) is 23.9 Å². The molecule has 1 saturated heterocycles. The number of halogens is 1. The van der Waals surface area contributed by atoms with E-state index in [1.807, 2.05) is 0 Å². The van der Waals surface area contributed by atoms with E-state index in [0.717, 1.165) is 18.5 Å². The van der Waals surface area contributed by atoms with E-state index in [9.17, 15) is 9.18 Å². The van der Waals surface area contributed by atoms with Crippen LogP contribution in [0, 0.1) is 5.82 Å². The molecule has 1 heterocycles. The van der Waals surface area contributed by atoms with Crippen molar-refractivity contribution in [1.82, 2.24) is 4.90 Å². The zero-order chi connectivity index (χ0) is 11.5. The van der Waals surface area contributed by atoms with Gasteiger partial charge in [-0.25, -0.2) is 4.39 Å². The molecule has 2 N–H and O–H groups in total. The maximum atomic E-state index is 12.7. The molecule has 1 aliphatic heterocycles. The number of carbonyl (C=O) groups excluding carboxylic acids is 1. The Kier molecular flexibility index (Phi) is 3.19. The molecule has 2 rings (SSSR count). The van der Waals surface area contributed by atoms with E-state index in [2.05, 4.69) is 0 Å². The molecule has 0 spiro atoms. The van der Waals surface area contributed by atoms with E-state index in [0.29, 0.717) is 13.0 Å². The summed E-state index contributed by atoms with van der Waals surface area (Å²) in [4.78, 5) is 13.2. The van der Waals surface area contributed by atoms with Gasteiger partial charge in [-0.05, 0) is 24.1 Å². The van der Waals surface area contributed by atoms with Gasteiger partial charge < -0.3 is 10.6 Å². The predicted octanol–water partition coefficient (Wildman–Crippen LogP) is 1.45. The van der Waals surface area contributed by atoms with Crippen LogP contribution in [-0.2, 0) is 4.79 Å². The van der Waals surface area contributed by atoms with Crippen molar-refractivity contribution in [3.8, 4) is 0 Å². The number of nitrogens with zero attached hydrogens (tertiary/aromatic N) is 1. The Hall–Kier alpha value is -1.42. The van der Waals surface area contributed by atoms with Gasteiger partial charge in [-0.3, -0.25) is 4.79 Å². The van der Waals surface area contributed by atoms with E-state index < -0.39 is 0 Å². The molecule has 0 aliphatic carbocycles. The average molecular weight is 222 g/mol. The first-order valence-electron chi connectivity index (χ1n) is 5.45. The van der Waals surface area contributed by atoms with E-state index >= 15 is 0 Å². The van der Waals surface area contributed by atoms with E-state index in [1.165, 1.54) is 12.1 Å². The highest BCUT2D eigenvalue weighted by Crippen LogP contribution is 2.16. The molecule has 86 valence electrons. The molecule has 0 unspecified atom stereocenters. The Balaban J connectivity index is 1.99. The largest absolute Gasteiger partial charge is 0.341 e. The number of nitrogens with two attached hydrogens (primary N) is 1. The van der Waals surface area contributed by atoms with Crippen molar-refractivity contribution in [2.24, 2.45) is 5.73 Å². The van der Waals surface area contributed by atoms with Crippen LogP contribution in [0.2, 0.25) is 0 Å². The van der Waals surface area contributed by atoms with Gasteiger partial charge in [-0.15, -0.1) is 0 Å². The molecule has 16 heavy (non-hydrogen) atoms. The maximum Gasteiger partial charge on any atom is 0.222 e. The summed E-state index contributed by atoms with van der Waals surface area (Å²) in [5, 5.41) is 0. The lowest BCUT2D eigenvalue weighted by molar-refractivity contribution is -0.127. The quantitative estimate of drug-likeness (QED) is 0.841. The normalized spacial score (nSPS) is 17.9. The van der Waals surface area contributed by atoms with Crippen LogP contribution in [0.25, 0.3) is 0 Å². The molecule has 0 aromatic heterocycles. The van der Waals surface area contributed by atoms with Crippen LogP contribution in [0.15, 0.2) is 24.3 Å². The van der Waals surface area contributed by atoms with E-state index in [4.69, 9.17) is 5.73 Å². The zero-order valence-electron chi connectivity index (χ0n) is 9.03. The maximum absolute atomic E-state index is 12.7. The number of likely N-dealkylation sites (tertiary alicyclic amines) is 1. The summed E-state index contributed by atoms with van der Waals surface area (Å²) in [5.74, 6) is -0.106. The highest BCUT2D eigenvalue weighted by Gasteiger charge is 2.22. The van der Waals surface area contributed by atoms with Crippen LogP contribution in [0.4, 0.5) is 4.39 Å². The average Bonchev–Trinajstić information content (AvgIpc) is 2.65. The Morgan fingerprint density at radius 3 is 2.62 bits per heavy atom. The predicted molar refractivity (Wildman–Crippen MR) is 59.1 cm³/mol. The molecule has 3 nitrogen and oxygen atoms in total. The Labute approximate surface area is 94.0 Å². The molecular weight excluding hydrogens is 207 g/mol. The molecule has 1 aliphatic rings. The third-order valence-electron chi connectivity index (χ3n) is 2.89. The molecular formula is C12H15FN2O. The number of hydrogen-bond donors (Lipinski definition) is 1. The van der Waals surface area contributed by atoms with Crippen LogP contribution in [0.1, 0.15) is 24.4 Å². The molecule has 1 aromatic carbocycles. The van der Waals surface area contributed by atoms with Gasteiger partial charge in [0.25, 0.3) is 0 Å². The van der Waals surface area contributed by atoms with Crippen LogP contribution in [0.5, 0.6) is 0 Å². The summed E-state index contributed by atoms with van der Waals surface area (Å²) in [7, 11) is 0. The minimum absolute atomic E-state index is 0.164. The third-order valence-corrected chi connectivity index (χ3v) is 2.89. The van der Waals surface area contributed by atoms with Gasteiger partial charge >= 0.3 is 0 Å². The smallest absolute Gasteiger partial charge is 0.222 e. The number of benzene rings is 1. The standard InChI is InChI=1S/C12H15FN2O/c13-10-5-3-9(4-6-10)11(14)8-15-7-1-2-12(15)16/h3-6,11H,1-2,7-8,14H2/t11-/m0/s1. The number of amides is 1. The van der Waals surface area contributed by atoms with Gasteiger partial charge in [0.15, 0.2) is 0 Å². The highest BCUT2D eigenvalue weighted by molar-refractivity contribution is 5.78. The Morgan fingerprint density at radius 2 is 2.06 bits per heavy atom. The lowest BCUT2D eigenvalue weighted by Crippen LogP contribution is -2.32. The first-order chi connectivity index (χ1) is 7.66. The SMILES string of the molecule is N[C@@H](CN1CCCC1=O)c1ccc(F)cc1. The Bertz CT molecular complexity index is 377. The van der Waals surface area contributed by atoms with Crippen LogP contribution in [0.3, 0.4) is 0 Å². The zero-order valence-corrected chi connectivity index (χ0v) is 9.03. The summed E-state index contributed by atoms with van der Waals surface area (Å²) >= 11 is 0. The molecule has 1 amide bonds. The number of hydrogen-bond acceptors (Lipinski definition) is 2. The molecule has 1 fully saturated rings. The minimum atomic E-state index is -0.270. The lowest BCUT2D eigenvalue weighted by Gasteiger charge is -2.20. The van der Waals surface area contributed by atoms with Crippen molar-refractivity contribution in [2.45, 2.75) is 18.9 Å². The van der Waals surface area contributed by atoms with Gasteiger partial charge in [-0.1, -0.05) is 12.1 Å². The minimum Gasteiger partial charge on any atom is -0.341 e. The lowest BCUT2D eigenvalue weighted by atomic mass is 10.1. The van der Waals surface area contributed by atoms with Gasteiger partial charge in [-0.2, -0.15) is 0 Å². The second kappa shape index (κ2) is 4.61. The fourth-order valence-electron chi connectivity index (χ4n) is 1.95. The van der Waals surface area contributed by atoms with Crippen molar-refractivity contribution < 1.29 is 9.18 Å². The van der Waals surface area contributed by atoms with Crippen molar-refractivity contribution in [1.29, 1.82) is 0 Å². The summed E-state index contributed by atoms with van der Waals surface area (Å²) in [5.41, 5.74) is 6.83. The fourth-order valence-corrected chi connectivity index (χ4v) is 1.95. The second-order valence-electron chi connectivity index (χ2n) is 4.10. The number of carbonyl (C=O) groups is 1. The summed E-state index contributed by atoms with van der Waals surface area (Å²) < 4.78 is 12.7. The van der Waals surface area contributed by atoms with E-state index in [1.54, 1.807) is 17.0 Å². The monoisotopic (exact) mass is 222 g/mol. The molecule has 4 heteroatoms.